The Balaban J connectivity index is 2.08. The molecule has 106 valence electrons. The van der Waals surface area contributed by atoms with Crippen molar-refractivity contribution in [1.29, 1.82) is 0 Å². The molecule has 0 radical (unpaired) electrons. The fraction of sp³-hybridized carbons (Fsp3) is 0.133. The molecule has 0 N–H and O–H groups in total. The van der Waals surface area contributed by atoms with Gasteiger partial charge in [-0.2, -0.15) is 0 Å². The van der Waals surface area contributed by atoms with Gasteiger partial charge < -0.3 is 0 Å². The first-order chi connectivity index (χ1) is 10.0. The average molecular weight is 303 g/mol. The Morgan fingerprint density at radius 1 is 1.10 bits per heavy atom. The summed E-state index contributed by atoms with van der Waals surface area (Å²) in [5.41, 5.74) is 0.702. The summed E-state index contributed by atoms with van der Waals surface area (Å²) in [6.45, 7) is 3.30. The van der Waals surface area contributed by atoms with Crippen LogP contribution in [0.1, 0.15) is 5.56 Å². The summed E-state index contributed by atoms with van der Waals surface area (Å²) in [7, 11) is 0. The third kappa shape index (κ3) is 3.12. The monoisotopic (exact) mass is 302 g/mol. The normalized spacial score (nSPS) is 14.2. The Hall–Kier alpha value is -2.58. The Kier molecular flexibility index (Phi) is 4.41. The lowest BCUT2D eigenvalue weighted by atomic mass is 10.2. The minimum Gasteiger partial charge on any atom is -0.263 e. The molecular formula is C15H11ClN2O3. The zero-order valence-corrected chi connectivity index (χ0v) is 11.8. The number of amides is 4. The molecule has 0 atom stereocenters. The number of imide groups is 2. The largest absolute Gasteiger partial charge is 0.335 e. The highest BCUT2D eigenvalue weighted by Gasteiger charge is 2.43. The van der Waals surface area contributed by atoms with Crippen LogP contribution in [0.5, 0.6) is 0 Å². The van der Waals surface area contributed by atoms with E-state index in [1.807, 2.05) is 0 Å². The van der Waals surface area contributed by atoms with E-state index in [0.717, 1.165) is 9.80 Å². The standard InChI is InChI=1S/C15H11ClN2O3/c1-2-9-17-13(19)14(20)18(15(17)21)10-3-4-11-5-7-12(16)8-6-11/h2,5-8H,1,9-10H2. The second-order valence-corrected chi connectivity index (χ2v) is 4.62. The smallest absolute Gasteiger partial charge is 0.263 e. The van der Waals surface area contributed by atoms with Crippen LogP contribution in [0.3, 0.4) is 0 Å². The minimum absolute atomic E-state index is 0.00448. The second-order valence-electron chi connectivity index (χ2n) is 4.19. The molecule has 0 saturated carbocycles. The molecule has 0 aromatic heterocycles. The fourth-order valence-corrected chi connectivity index (χ4v) is 1.86. The van der Waals surface area contributed by atoms with E-state index in [4.69, 9.17) is 11.6 Å². The summed E-state index contributed by atoms with van der Waals surface area (Å²) >= 11 is 5.75. The number of benzene rings is 1. The highest BCUT2D eigenvalue weighted by Crippen LogP contribution is 2.11. The topological polar surface area (TPSA) is 57.7 Å². The maximum atomic E-state index is 11.9. The molecule has 1 aromatic rings. The predicted molar refractivity (Wildman–Crippen MR) is 77.3 cm³/mol. The first-order valence-electron chi connectivity index (χ1n) is 6.07. The third-order valence-electron chi connectivity index (χ3n) is 2.76. The first kappa shape index (κ1) is 14.8. The quantitative estimate of drug-likeness (QED) is 0.369. The van der Waals surface area contributed by atoms with Gasteiger partial charge in [-0.05, 0) is 24.3 Å². The summed E-state index contributed by atoms with van der Waals surface area (Å²) in [5, 5.41) is 0.594. The molecule has 0 unspecified atom stereocenters. The van der Waals surface area contributed by atoms with Crippen molar-refractivity contribution in [1.82, 2.24) is 9.80 Å². The molecule has 1 aromatic carbocycles. The van der Waals surface area contributed by atoms with Crippen LogP contribution in [0.15, 0.2) is 36.9 Å². The van der Waals surface area contributed by atoms with Gasteiger partial charge in [-0.25, -0.2) is 9.69 Å². The van der Waals surface area contributed by atoms with Crippen LogP contribution >= 0.6 is 11.6 Å². The van der Waals surface area contributed by atoms with E-state index in [9.17, 15) is 14.4 Å². The van der Waals surface area contributed by atoms with Crippen molar-refractivity contribution in [3.8, 4) is 11.8 Å². The van der Waals surface area contributed by atoms with E-state index in [-0.39, 0.29) is 13.1 Å². The zero-order chi connectivity index (χ0) is 15.4. The van der Waals surface area contributed by atoms with Gasteiger partial charge in [0.05, 0.1) is 6.54 Å². The molecule has 0 bridgehead atoms. The van der Waals surface area contributed by atoms with E-state index in [2.05, 4.69) is 18.4 Å². The summed E-state index contributed by atoms with van der Waals surface area (Å²) in [5.74, 6) is 3.77. The third-order valence-corrected chi connectivity index (χ3v) is 3.01. The molecule has 2 rings (SSSR count). The molecule has 0 aliphatic carbocycles. The molecule has 6 heteroatoms. The van der Waals surface area contributed by atoms with Crippen molar-refractivity contribution in [2.24, 2.45) is 0 Å². The van der Waals surface area contributed by atoms with Gasteiger partial charge in [-0.15, -0.1) is 6.58 Å². The van der Waals surface area contributed by atoms with Crippen molar-refractivity contribution < 1.29 is 14.4 Å². The van der Waals surface area contributed by atoms with E-state index in [1.165, 1.54) is 6.08 Å². The van der Waals surface area contributed by atoms with Crippen molar-refractivity contribution in [3.63, 3.8) is 0 Å². The molecule has 21 heavy (non-hydrogen) atoms. The number of rotatable bonds is 3. The van der Waals surface area contributed by atoms with Crippen LogP contribution in [0.25, 0.3) is 0 Å². The number of carbonyl (C=O) groups excluding carboxylic acids is 3. The lowest BCUT2D eigenvalue weighted by molar-refractivity contribution is -0.142. The first-order valence-corrected chi connectivity index (χ1v) is 6.45. The SMILES string of the molecule is C=CCN1C(=O)C(=O)N(CC#Cc2ccc(Cl)cc2)C1=O. The number of carbonyl (C=O) groups is 3. The van der Waals surface area contributed by atoms with Gasteiger partial charge in [0.2, 0.25) is 0 Å². The fourth-order valence-electron chi connectivity index (χ4n) is 1.73. The van der Waals surface area contributed by atoms with Crippen molar-refractivity contribution in [3.05, 3.63) is 47.5 Å². The van der Waals surface area contributed by atoms with Gasteiger partial charge in [-0.1, -0.05) is 29.5 Å². The number of urea groups is 1. The van der Waals surface area contributed by atoms with Gasteiger partial charge in [0.1, 0.15) is 0 Å². The van der Waals surface area contributed by atoms with Crippen LogP contribution in [0, 0.1) is 11.8 Å². The number of halogens is 1. The van der Waals surface area contributed by atoms with Gasteiger partial charge in [-0.3, -0.25) is 14.5 Å². The van der Waals surface area contributed by atoms with E-state index < -0.39 is 17.8 Å². The summed E-state index contributed by atoms with van der Waals surface area (Å²) < 4.78 is 0. The Labute approximate surface area is 126 Å². The number of hydrogen-bond donors (Lipinski definition) is 0. The molecule has 4 amide bonds. The van der Waals surface area contributed by atoms with E-state index >= 15 is 0 Å². The van der Waals surface area contributed by atoms with Crippen LogP contribution in [-0.4, -0.2) is 40.7 Å². The Morgan fingerprint density at radius 2 is 1.71 bits per heavy atom. The molecule has 1 aliphatic heterocycles. The van der Waals surface area contributed by atoms with Crippen LogP contribution < -0.4 is 0 Å². The van der Waals surface area contributed by atoms with Gasteiger partial charge in [0.25, 0.3) is 0 Å². The molecule has 1 aliphatic rings. The lowest BCUT2D eigenvalue weighted by Gasteiger charge is -2.10. The molecule has 5 nitrogen and oxygen atoms in total. The average Bonchev–Trinajstić information content (AvgIpc) is 2.67. The van der Waals surface area contributed by atoms with Crippen molar-refractivity contribution in [2.75, 3.05) is 13.1 Å². The molecular weight excluding hydrogens is 292 g/mol. The Morgan fingerprint density at radius 3 is 2.33 bits per heavy atom. The van der Waals surface area contributed by atoms with Crippen molar-refractivity contribution in [2.45, 2.75) is 0 Å². The Bertz CT molecular complexity index is 670. The van der Waals surface area contributed by atoms with E-state index in [1.54, 1.807) is 24.3 Å². The molecule has 1 heterocycles. The number of hydrogen-bond acceptors (Lipinski definition) is 3. The second kappa shape index (κ2) is 6.25. The molecule has 1 saturated heterocycles. The van der Waals surface area contributed by atoms with Crippen LogP contribution in [0.2, 0.25) is 5.02 Å². The molecule has 1 fully saturated rings. The van der Waals surface area contributed by atoms with Crippen LogP contribution in [0.4, 0.5) is 4.79 Å². The van der Waals surface area contributed by atoms with Gasteiger partial charge >= 0.3 is 17.8 Å². The van der Waals surface area contributed by atoms with E-state index in [0.29, 0.717) is 10.6 Å². The zero-order valence-electron chi connectivity index (χ0n) is 11.0. The van der Waals surface area contributed by atoms with Crippen LogP contribution in [-0.2, 0) is 9.59 Å². The summed E-state index contributed by atoms with van der Waals surface area (Å²) in [6.07, 6.45) is 1.38. The summed E-state index contributed by atoms with van der Waals surface area (Å²) in [4.78, 5) is 36.8. The minimum atomic E-state index is -0.868. The van der Waals surface area contributed by atoms with Gasteiger partial charge in [0.15, 0.2) is 0 Å². The van der Waals surface area contributed by atoms with Gasteiger partial charge in [0, 0.05) is 17.1 Å². The summed E-state index contributed by atoms with van der Waals surface area (Å²) in [6, 6.07) is 6.14. The molecule has 0 spiro atoms. The number of nitrogens with zero attached hydrogens (tertiary/aromatic N) is 2. The maximum Gasteiger partial charge on any atom is 0.335 e. The highest BCUT2D eigenvalue weighted by atomic mass is 35.5. The van der Waals surface area contributed by atoms with Crippen molar-refractivity contribution >= 4 is 29.4 Å². The highest BCUT2D eigenvalue weighted by molar-refractivity contribution is 6.44. The lowest BCUT2D eigenvalue weighted by Crippen LogP contribution is -2.33. The predicted octanol–water partition coefficient (Wildman–Crippen LogP) is 1.67. The maximum absolute atomic E-state index is 11.9.